The van der Waals surface area contributed by atoms with Crippen LogP contribution < -0.4 is 10.0 Å². The number of aliphatic hydroxyl groups is 1. The molecule has 0 heterocycles. The highest BCUT2D eigenvalue weighted by atomic mass is 32.2. The van der Waals surface area contributed by atoms with Crippen molar-refractivity contribution >= 4 is 41.6 Å². The van der Waals surface area contributed by atoms with Crippen LogP contribution in [-0.4, -0.2) is 72.4 Å². The fourth-order valence-electron chi connectivity index (χ4n) is 3.67. The van der Waals surface area contributed by atoms with E-state index in [-0.39, 0.29) is 24.1 Å². The highest BCUT2D eigenvalue weighted by Gasteiger charge is 2.33. The molecule has 13 heteroatoms. The highest BCUT2D eigenvalue weighted by Crippen LogP contribution is 2.28. The van der Waals surface area contributed by atoms with Crippen LogP contribution in [0.3, 0.4) is 0 Å². The van der Waals surface area contributed by atoms with Crippen molar-refractivity contribution < 1.29 is 42.1 Å². The van der Waals surface area contributed by atoms with Gasteiger partial charge in [0, 0.05) is 29.9 Å². The molecule has 0 fully saturated rings. The number of nitrogens with one attached hydrogen (secondary N) is 2. The summed E-state index contributed by atoms with van der Waals surface area (Å²) in [4.78, 5) is 35.8. The van der Waals surface area contributed by atoms with Gasteiger partial charge in [-0.15, -0.1) is 0 Å². The normalized spacial score (nSPS) is 13.1. The zero-order chi connectivity index (χ0) is 29.4. The summed E-state index contributed by atoms with van der Waals surface area (Å²) in [6.45, 7) is 1.54. The Morgan fingerprint density at radius 3 is 1.90 bits per heavy atom. The van der Waals surface area contributed by atoms with E-state index in [1.165, 1.54) is 64.2 Å². The molecule has 1 amide bonds. The van der Waals surface area contributed by atoms with Gasteiger partial charge in [0.1, 0.15) is 12.6 Å². The number of thioether (sulfide) groups is 1. The number of hydrogen-bond acceptors (Lipinski definition) is 9. The van der Waals surface area contributed by atoms with Crippen molar-refractivity contribution in [3.63, 3.8) is 0 Å². The number of methoxy groups -OCH3 is 1. The molecule has 3 N–H and O–H groups in total. The molecule has 0 aliphatic rings. The second-order valence-corrected chi connectivity index (χ2v) is 11.3. The Morgan fingerprint density at radius 1 is 0.872 bits per heavy atom. The molecule has 0 aromatic rings. The predicted molar refractivity (Wildman–Crippen MR) is 150 cm³/mol. The van der Waals surface area contributed by atoms with E-state index in [2.05, 4.69) is 17.0 Å². The number of ether oxygens (including phenoxy) is 2. The molecule has 230 valence electrons. The third kappa shape index (κ3) is 23.2. The van der Waals surface area contributed by atoms with Gasteiger partial charge in [0.15, 0.2) is 6.04 Å². The molecule has 0 unspecified atom stereocenters. The van der Waals surface area contributed by atoms with Gasteiger partial charge in [-0.2, -0.15) is 24.9 Å². The summed E-state index contributed by atoms with van der Waals surface area (Å²) >= 11 is 0.540. The third-order valence-corrected chi connectivity index (χ3v) is 7.54. The van der Waals surface area contributed by atoms with E-state index in [4.69, 9.17) is 4.74 Å². The number of carbonyl (C=O) groups is 3. The van der Waals surface area contributed by atoms with Gasteiger partial charge in [-0.3, -0.25) is 9.59 Å². The minimum absolute atomic E-state index is 0.0735. The lowest BCUT2D eigenvalue weighted by atomic mass is 10.0. The van der Waals surface area contributed by atoms with Crippen LogP contribution in [0, 0.1) is 0 Å². The summed E-state index contributed by atoms with van der Waals surface area (Å²) in [5, 5.41) is 11.4. The number of halogens is 3. The van der Waals surface area contributed by atoms with Crippen molar-refractivity contribution in [3.05, 3.63) is 0 Å². The summed E-state index contributed by atoms with van der Waals surface area (Å²) in [6, 6.07) is -2.71. The molecule has 0 aliphatic carbocycles. The Balaban J connectivity index is 4.01. The molecule has 0 spiro atoms. The average Bonchev–Trinajstić information content (AvgIpc) is 2.90. The van der Waals surface area contributed by atoms with E-state index in [1.807, 2.05) is 4.72 Å². The van der Waals surface area contributed by atoms with Crippen molar-refractivity contribution in [2.24, 2.45) is 0 Å². The van der Waals surface area contributed by atoms with Gasteiger partial charge in [-0.05, 0) is 6.42 Å². The van der Waals surface area contributed by atoms with Crippen LogP contribution in [-0.2, 0) is 23.9 Å². The molecule has 0 saturated carbocycles. The first kappa shape index (κ1) is 37.8. The van der Waals surface area contributed by atoms with Gasteiger partial charge in [0.05, 0.1) is 13.7 Å². The maximum absolute atomic E-state index is 12.6. The maximum atomic E-state index is 12.6. The minimum Gasteiger partial charge on any atom is -0.467 e. The number of unbranched alkanes of at least 4 members (excludes halogenated alkanes) is 12. The van der Waals surface area contributed by atoms with Crippen LogP contribution in [0.15, 0.2) is 0 Å². The first-order valence-corrected chi connectivity index (χ1v) is 15.8. The van der Waals surface area contributed by atoms with Crippen LogP contribution in [0.2, 0.25) is 0 Å². The van der Waals surface area contributed by atoms with E-state index in [9.17, 15) is 32.7 Å². The number of esters is 2. The maximum Gasteiger partial charge on any atom is 0.456 e. The second kappa shape index (κ2) is 24.6. The predicted octanol–water partition coefficient (Wildman–Crippen LogP) is 5.52. The number of carbonyl (C=O) groups excluding carboxylic acids is 3. The lowest BCUT2D eigenvalue weighted by Gasteiger charge is -2.21. The largest absolute Gasteiger partial charge is 0.467 e. The van der Waals surface area contributed by atoms with Crippen LogP contribution in [0.5, 0.6) is 0 Å². The van der Waals surface area contributed by atoms with E-state index in [0.717, 1.165) is 38.1 Å². The fourth-order valence-corrected chi connectivity index (χ4v) is 5.08. The van der Waals surface area contributed by atoms with E-state index >= 15 is 0 Å². The summed E-state index contributed by atoms with van der Waals surface area (Å²) in [5.41, 5.74) is -4.62. The first-order valence-electron chi connectivity index (χ1n) is 13.9. The Bertz CT molecular complexity index is 660. The number of aliphatic hydroxyl groups excluding tert-OH is 1. The quantitative estimate of drug-likeness (QED) is 0.0704. The Labute approximate surface area is 239 Å². The molecule has 39 heavy (non-hydrogen) atoms. The molecule has 0 bridgehead atoms. The lowest BCUT2D eigenvalue weighted by molar-refractivity contribution is -0.146. The lowest BCUT2D eigenvalue weighted by Crippen LogP contribution is -2.52. The number of hydrogen-bond donors (Lipinski definition) is 3. The number of rotatable bonds is 25. The van der Waals surface area contributed by atoms with Gasteiger partial charge < -0.3 is 19.9 Å². The van der Waals surface area contributed by atoms with Crippen molar-refractivity contribution in [1.82, 2.24) is 10.0 Å². The van der Waals surface area contributed by atoms with Crippen molar-refractivity contribution in [2.45, 2.75) is 114 Å². The topological polar surface area (TPSA) is 114 Å². The molecule has 0 aliphatic heterocycles. The SMILES string of the molecule is CCCCCCCCCCCCCCCC(=O)OCCSC[C@H](NSC(F)(F)F)C(=O)N[C@@H](CO)C(=O)OC. The Morgan fingerprint density at radius 2 is 1.41 bits per heavy atom. The van der Waals surface area contributed by atoms with Crippen LogP contribution >= 0.6 is 23.7 Å². The summed E-state index contributed by atoms with van der Waals surface area (Å²) in [5.74, 6) is -1.93. The molecule has 0 aromatic carbocycles. The fraction of sp³-hybridized carbons (Fsp3) is 0.885. The van der Waals surface area contributed by atoms with E-state index in [1.54, 1.807) is 0 Å². The zero-order valence-electron chi connectivity index (χ0n) is 23.3. The first-order chi connectivity index (χ1) is 18.6. The molecule has 0 rings (SSSR count). The van der Waals surface area contributed by atoms with Crippen molar-refractivity contribution in [2.75, 3.05) is 31.8 Å². The van der Waals surface area contributed by atoms with Crippen molar-refractivity contribution in [3.8, 4) is 0 Å². The minimum atomic E-state index is -4.62. The summed E-state index contributed by atoms with van der Waals surface area (Å²) in [6.07, 6.45) is 16.1. The van der Waals surface area contributed by atoms with Gasteiger partial charge in [-0.1, -0.05) is 84.0 Å². The van der Waals surface area contributed by atoms with Crippen molar-refractivity contribution in [1.29, 1.82) is 0 Å². The smallest absolute Gasteiger partial charge is 0.456 e. The molecule has 8 nitrogen and oxygen atoms in total. The molecule has 0 saturated heterocycles. The Kier molecular flexibility index (Phi) is 23.9. The zero-order valence-corrected chi connectivity index (χ0v) is 25.0. The molecular weight excluding hydrogens is 557 g/mol. The number of alkyl halides is 3. The standard InChI is InChI=1S/C26H47F3N2O6S2/c1-3-4-5-6-7-8-9-10-11-12-13-14-15-16-23(33)37-17-18-38-20-22(31-39-26(27,28)29)24(34)30-21(19-32)25(35)36-2/h21-22,31-32H,3-20H2,1-2H3,(H,30,34)/t21-,22-/m0/s1. The molecular formula is C26H47F3N2O6S2. The molecule has 0 radical (unpaired) electrons. The number of amides is 1. The van der Waals surface area contributed by atoms with E-state index in [0.29, 0.717) is 6.42 Å². The second-order valence-electron chi connectivity index (χ2n) is 9.27. The van der Waals surface area contributed by atoms with Crippen LogP contribution in [0.25, 0.3) is 0 Å². The monoisotopic (exact) mass is 604 g/mol. The summed E-state index contributed by atoms with van der Waals surface area (Å²) in [7, 11) is 1.06. The third-order valence-electron chi connectivity index (χ3n) is 5.88. The van der Waals surface area contributed by atoms with Gasteiger partial charge in [0.25, 0.3) is 0 Å². The van der Waals surface area contributed by atoms with E-state index < -0.39 is 48.0 Å². The van der Waals surface area contributed by atoms with Gasteiger partial charge in [-0.25, -0.2) is 9.52 Å². The van der Waals surface area contributed by atoms with Gasteiger partial charge >= 0.3 is 17.4 Å². The molecule has 2 atom stereocenters. The summed E-state index contributed by atoms with van der Waals surface area (Å²) < 4.78 is 49.4. The Hall–Kier alpha value is -1.18. The highest BCUT2D eigenvalue weighted by molar-refractivity contribution is 7.99. The van der Waals surface area contributed by atoms with Crippen LogP contribution in [0.4, 0.5) is 13.2 Å². The van der Waals surface area contributed by atoms with Gasteiger partial charge in [0.2, 0.25) is 5.91 Å². The average molecular weight is 605 g/mol. The van der Waals surface area contributed by atoms with Crippen LogP contribution in [0.1, 0.15) is 96.8 Å². The molecule has 0 aromatic heterocycles.